The first-order chi connectivity index (χ1) is 7.51. The zero-order chi connectivity index (χ0) is 13.7. The van der Waals surface area contributed by atoms with E-state index in [0.717, 1.165) is 6.42 Å². The number of amides is 1. The van der Waals surface area contributed by atoms with Gasteiger partial charge in [0.1, 0.15) is 6.54 Å². The third-order valence-corrected chi connectivity index (χ3v) is 2.18. The van der Waals surface area contributed by atoms with Crippen molar-refractivity contribution in [1.29, 1.82) is 0 Å². The lowest BCUT2D eigenvalue weighted by molar-refractivity contribution is -0.139. The smallest absolute Gasteiger partial charge is 0.346 e. The highest BCUT2D eigenvalue weighted by atomic mass is 19.4. The molecule has 0 bridgehead atoms. The Hall–Kier alpha value is -0.780. The molecule has 0 aliphatic carbocycles. The molecule has 6 heteroatoms. The van der Waals surface area contributed by atoms with Crippen LogP contribution in [0.4, 0.5) is 13.2 Å². The van der Waals surface area contributed by atoms with Crippen molar-refractivity contribution >= 4 is 5.91 Å². The standard InChI is InChI=1S/C11H21F3N2O/c1-8(15-6-5-10(2,3)4)9(17)16-7-11(12,13)14/h8,15H,5-7H2,1-4H3,(H,16,17). The molecule has 0 aromatic heterocycles. The number of halogens is 3. The highest BCUT2D eigenvalue weighted by Crippen LogP contribution is 2.17. The van der Waals surface area contributed by atoms with E-state index in [2.05, 4.69) is 26.1 Å². The molecule has 0 heterocycles. The normalized spacial score (nSPS) is 14.5. The highest BCUT2D eigenvalue weighted by Gasteiger charge is 2.28. The first-order valence-corrected chi connectivity index (χ1v) is 5.59. The van der Waals surface area contributed by atoms with Crippen molar-refractivity contribution in [2.45, 2.75) is 46.3 Å². The molecule has 0 rings (SSSR count). The summed E-state index contributed by atoms with van der Waals surface area (Å²) in [5.74, 6) is -0.628. The van der Waals surface area contributed by atoms with Crippen LogP contribution in [0, 0.1) is 5.41 Å². The Morgan fingerprint density at radius 2 is 1.76 bits per heavy atom. The second-order valence-electron chi connectivity index (χ2n) is 5.32. The first kappa shape index (κ1) is 16.2. The van der Waals surface area contributed by atoms with Gasteiger partial charge in [0.05, 0.1) is 6.04 Å². The van der Waals surface area contributed by atoms with Crippen molar-refractivity contribution in [2.24, 2.45) is 5.41 Å². The van der Waals surface area contributed by atoms with E-state index in [9.17, 15) is 18.0 Å². The summed E-state index contributed by atoms with van der Waals surface area (Å²) < 4.78 is 35.6. The van der Waals surface area contributed by atoms with Crippen LogP contribution in [0.15, 0.2) is 0 Å². The van der Waals surface area contributed by atoms with Gasteiger partial charge in [-0.15, -0.1) is 0 Å². The molecular formula is C11H21F3N2O. The number of hydrogen-bond acceptors (Lipinski definition) is 2. The average Bonchev–Trinajstić information content (AvgIpc) is 2.10. The van der Waals surface area contributed by atoms with Crippen LogP contribution < -0.4 is 10.6 Å². The molecule has 17 heavy (non-hydrogen) atoms. The third-order valence-electron chi connectivity index (χ3n) is 2.18. The molecule has 0 fully saturated rings. The molecule has 1 unspecified atom stereocenters. The lowest BCUT2D eigenvalue weighted by atomic mass is 9.92. The third kappa shape index (κ3) is 10.1. The first-order valence-electron chi connectivity index (χ1n) is 5.59. The fraction of sp³-hybridized carbons (Fsp3) is 0.909. The van der Waals surface area contributed by atoms with Crippen LogP contribution in [-0.4, -0.2) is 31.2 Å². The van der Waals surface area contributed by atoms with Crippen molar-refractivity contribution in [1.82, 2.24) is 10.6 Å². The van der Waals surface area contributed by atoms with Gasteiger partial charge in [0, 0.05) is 0 Å². The monoisotopic (exact) mass is 254 g/mol. The van der Waals surface area contributed by atoms with Crippen LogP contribution >= 0.6 is 0 Å². The maximum absolute atomic E-state index is 11.9. The summed E-state index contributed by atoms with van der Waals surface area (Å²) in [6.07, 6.45) is -3.51. The molecule has 0 spiro atoms. The van der Waals surface area contributed by atoms with Gasteiger partial charge in [-0.05, 0) is 25.3 Å². The minimum absolute atomic E-state index is 0.134. The maximum atomic E-state index is 11.9. The van der Waals surface area contributed by atoms with E-state index in [4.69, 9.17) is 0 Å². The summed E-state index contributed by atoms with van der Waals surface area (Å²) in [6.45, 7) is 7.05. The van der Waals surface area contributed by atoms with E-state index in [1.807, 2.05) is 5.32 Å². The van der Waals surface area contributed by atoms with Crippen LogP contribution in [0.25, 0.3) is 0 Å². The van der Waals surface area contributed by atoms with E-state index in [1.54, 1.807) is 6.92 Å². The number of carbonyl (C=O) groups excluding carboxylic acids is 1. The zero-order valence-corrected chi connectivity index (χ0v) is 10.7. The Bertz CT molecular complexity index is 246. The molecule has 102 valence electrons. The van der Waals surface area contributed by atoms with Gasteiger partial charge in [-0.3, -0.25) is 4.79 Å². The minimum atomic E-state index is -4.36. The van der Waals surface area contributed by atoms with Gasteiger partial charge in [0.25, 0.3) is 0 Å². The van der Waals surface area contributed by atoms with Gasteiger partial charge in [-0.1, -0.05) is 20.8 Å². The number of alkyl halides is 3. The van der Waals surface area contributed by atoms with Crippen molar-refractivity contribution < 1.29 is 18.0 Å². The SMILES string of the molecule is CC(NCCC(C)(C)C)C(=O)NCC(F)(F)F. The molecule has 0 aliphatic heterocycles. The highest BCUT2D eigenvalue weighted by molar-refractivity contribution is 5.81. The van der Waals surface area contributed by atoms with E-state index < -0.39 is 24.7 Å². The van der Waals surface area contributed by atoms with E-state index in [0.29, 0.717) is 6.54 Å². The molecule has 3 nitrogen and oxygen atoms in total. The predicted molar refractivity (Wildman–Crippen MR) is 60.6 cm³/mol. The number of hydrogen-bond donors (Lipinski definition) is 2. The molecule has 0 saturated carbocycles. The van der Waals surface area contributed by atoms with Gasteiger partial charge in [0.15, 0.2) is 0 Å². The van der Waals surface area contributed by atoms with Crippen LogP contribution in [0.1, 0.15) is 34.1 Å². The molecule has 2 N–H and O–H groups in total. The molecule has 0 radical (unpaired) electrons. The van der Waals surface area contributed by atoms with Crippen LogP contribution in [-0.2, 0) is 4.79 Å². The molecule has 1 atom stereocenters. The number of rotatable bonds is 5. The molecule has 0 aromatic rings. The Labute approximate surface area is 100 Å². The molecular weight excluding hydrogens is 233 g/mol. The second kappa shape index (κ2) is 6.23. The fourth-order valence-corrected chi connectivity index (χ4v) is 1.10. The second-order valence-corrected chi connectivity index (χ2v) is 5.32. The molecule has 0 aliphatic rings. The van der Waals surface area contributed by atoms with Gasteiger partial charge < -0.3 is 10.6 Å². The van der Waals surface area contributed by atoms with Crippen molar-refractivity contribution in [2.75, 3.05) is 13.1 Å². The topological polar surface area (TPSA) is 41.1 Å². The van der Waals surface area contributed by atoms with E-state index in [-0.39, 0.29) is 5.41 Å². The van der Waals surface area contributed by atoms with Gasteiger partial charge in [-0.25, -0.2) is 0 Å². The Kier molecular flexibility index (Phi) is 5.95. The summed E-state index contributed by atoms with van der Waals surface area (Å²) in [5.41, 5.74) is 0.134. The van der Waals surface area contributed by atoms with E-state index in [1.165, 1.54) is 0 Å². The van der Waals surface area contributed by atoms with Crippen LogP contribution in [0.3, 0.4) is 0 Å². The van der Waals surface area contributed by atoms with Gasteiger partial charge in [-0.2, -0.15) is 13.2 Å². The van der Waals surface area contributed by atoms with Crippen LogP contribution in [0.2, 0.25) is 0 Å². The van der Waals surface area contributed by atoms with Crippen molar-refractivity contribution in [3.63, 3.8) is 0 Å². The number of carbonyl (C=O) groups is 1. The summed E-state index contributed by atoms with van der Waals surface area (Å²) in [7, 11) is 0. The molecule has 1 amide bonds. The summed E-state index contributed by atoms with van der Waals surface area (Å²) in [6, 6.07) is -0.611. The summed E-state index contributed by atoms with van der Waals surface area (Å²) in [4.78, 5) is 11.3. The lowest BCUT2D eigenvalue weighted by Gasteiger charge is -2.20. The van der Waals surface area contributed by atoms with Crippen molar-refractivity contribution in [3.05, 3.63) is 0 Å². The Morgan fingerprint density at radius 3 is 2.18 bits per heavy atom. The van der Waals surface area contributed by atoms with Gasteiger partial charge >= 0.3 is 6.18 Å². The van der Waals surface area contributed by atoms with Gasteiger partial charge in [0.2, 0.25) is 5.91 Å². The quantitative estimate of drug-likeness (QED) is 0.788. The maximum Gasteiger partial charge on any atom is 0.405 e. The van der Waals surface area contributed by atoms with E-state index >= 15 is 0 Å². The number of nitrogens with one attached hydrogen (secondary N) is 2. The summed E-state index contributed by atoms with van der Waals surface area (Å²) >= 11 is 0. The largest absolute Gasteiger partial charge is 0.405 e. The molecule has 0 aromatic carbocycles. The Morgan fingerprint density at radius 1 is 1.24 bits per heavy atom. The minimum Gasteiger partial charge on any atom is -0.346 e. The zero-order valence-electron chi connectivity index (χ0n) is 10.7. The van der Waals surface area contributed by atoms with Crippen LogP contribution in [0.5, 0.6) is 0 Å². The molecule has 0 saturated heterocycles. The Balaban J connectivity index is 3.83. The average molecular weight is 254 g/mol. The lowest BCUT2D eigenvalue weighted by Crippen LogP contribution is -2.45. The van der Waals surface area contributed by atoms with Crippen molar-refractivity contribution in [3.8, 4) is 0 Å². The predicted octanol–water partition coefficient (Wildman–Crippen LogP) is 2.08. The fourth-order valence-electron chi connectivity index (χ4n) is 1.10. The summed E-state index contributed by atoms with van der Waals surface area (Å²) in [5, 5.41) is 4.74.